The number of rotatable bonds is 8. The summed E-state index contributed by atoms with van der Waals surface area (Å²) in [6.45, 7) is 3.21. The van der Waals surface area contributed by atoms with Crippen LogP contribution in [0.2, 0.25) is 5.02 Å². The molecule has 6 nitrogen and oxygen atoms in total. The Morgan fingerprint density at radius 2 is 1.79 bits per heavy atom. The fourth-order valence-corrected chi connectivity index (χ4v) is 4.81. The zero-order valence-corrected chi connectivity index (χ0v) is 21.0. The third kappa shape index (κ3) is 4.92. The molecule has 34 heavy (non-hydrogen) atoms. The molecule has 0 saturated heterocycles. The molecule has 1 unspecified atom stereocenters. The molecule has 0 radical (unpaired) electrons. The lowest BCUT2D eigenvalue weighted by Crippen LogP contribution is -2.41. The van der Waals surface area contributed by atoms with Crippen molar-refractivity contribution >= 4 is 39.7 Å². The minimum Gasteiger partial charge on any atom is -0.326 e. The fourth-order valence-electron chi connectivity index (χ4n) is 4.00. The Morgan fingerprint density at radius 3 is 2.44 bits per heavy atom. The summed E-state index contributed by atoms with van der Waals surface area (Å²) in [5.41, 5.74) is 1.11. The number of nitrogens with zero attached hydrogens (tertiary/aromatic N) is 4. The second-order valence-electron chi connectivity index (χ2n) is 8.31. The van der Waals surface area contributed by atoms with Crippen molar-refractivity contribution in [3.8, 4) is 5.69 Å². The van der Waals surface area contributed by atoms with E-state index < -0.39 is 6.04 Å². The number of thiophene rings is 1. The largest absolute Gasteiger partial charge is 0.326 e. The average molecular weight is 495 g/mol. The molecule has 2 heterocycles. The van der Waals surface area contributed by atoms with Crippen LogP contribution in [-0.2, 0) is 0 Å². The zero-order valence-electron chi connectivity index (χ0n) is 19.4. The van der Waals surface area contributed by atoms with Gasteiger partial charge in [0.25, 0.3) is 11.5 Å². The number of amides is 1. The van der Waals surface area contributed by atoms with E-state index in [1.54, 1.807) is 22.8 Å². The summed E-state index contributed by atoms with van der Waals surface area (Å²) in [4.78, 5) is 36.8. The Balaban J connectivity index is 1.93. The first kappa shape index (κ1) is 24.1. The molecule has 0 aliphatic carbocycles. The Hall–Kier alpha value is -3.00. The van der Waals surface area contributed by atoms with Gasteiger partial charge >= 0.3 is 0 Å². The zero-order chi connectivity index (χ0) is 24.2. The van der Waals surface area contributed by atoms with Crippen molar-refractivity contribution in [1.82, 2.24) is 19.4 Å². The molecule has 1 amide bonds. The SMILES string of the molecule is CCC(c1nc2ccccc2c(=O)n1-c1ccc(Cl)cc1)N(CCN(C)C)C(=O)c1cccs1. The van der Waals surface area contributed by atoms with Gasteiger partial charge in [-0.25, -0.2) is 4.98 Å². The quantitative estimate of drug-likeness (QED) is 0.335. The third-order valence-electron chi connectivity index (χ3n) is 5.73. The average Bonchev–Trinajstić information content (AvgIpc) is 3.37. The van der Waals surface area contributed by atoms with Crippen molar-refractivity contribution in [2.45, 2.75) is 19.4 Å². The summed E-state index contributed by atoms with van der Waals surface area (Å²) in [6.07, 6.45) is 0.600. The minimum absolute atomic E-state index is 0.0613. The molecule has 0 bridgehead atoms. The first-order chi connectivity index (χ1) is 16.4. The van der Waals surface area contributed by atoms with Gasteiger partial charge in [0.2, 0.25) is 0 Å². The topological polar surface area (TPSA) is 58.4 Å². The predicted octanol–water partition coefficient (Wildman–Crippen LogP) is 5.26. The Labute approximate surface area is 208 Å². The molecule has 0 saturated carbocycles. The highest BCUT2D eigenvalue weighted by Gasteiger charge is 2.30. The van der Waals surface area contributed by atoms with E-state index in [9.17, 15) is 9.59 Å². The van der Waals surface area contributed by atoms with Gasteiger partial charge in [-0.05, 0) is 68.4 Å². The molecule has 0 aliphatic rings. The lowest BCUT2D eigenvalue weighted by Gasteiger charge is -2.33. The standard InChI is InChI=1S/C26H27ClN4O2S/c1-4-22(30(16-15-29(2)3)26(33)23-10-7-17-34-23)24-28-21-9-6-5-8-20(21)25(32)31(24)19-13-11-18(27)12-14-19/h5-14,17,22H,4,15-16H2,1-3H3. The fraction of sp³-hybridized carbons (Fsp3) is 0.269. The summed E-state index contributed by atoms with van der Waals surface area (Å²) >= 11 is 7.54. The molecule has 4 aromatic rings. The molecule has 0 spiro atoms. The van der Waals surface area contributed by atoms with Gasteiger partial charge in [0.15, 0.2) is 0 Å². The predicted molar refractivity (Wildman–Crippen MR) is 139 cm³/mol. The van der Waals surface area contributed by atoms with E-state index >= 15 is 0 Å². The monoisotopic (exact) mass is 494 g/mol. The normalized spacial score (nSPS) is 12.3. The highest BCUT2D eigenvalue weighted by Crippen LogP contribution is 2.28. The van der Waals surface area contributed by atoms with Crippen LogP contribution in [0.4, 0.5) is 0 Å². The Kier molecular flexibility index (Phi) is 7.46. The van der Waals surface area contributed by atoms with E-state index in [1.807, 2.05) is 78.7 Å². The van der Waals surface area contributed by atoms with Gasteiger partial charge in [0, 0.05) is 18.1 Å². The molecular weight excluding hydrogens is 468 g/mol. The first-order valence-electron chi connectivity index (χ1n) is 11.2. The van der Waals surface area contributed by atoms with Crippen LogP contribution in [-0.4, -0.2) is 52.4 Å². The van der Waals surface area contributed by atoms with Gasteiger partial charge in [-0.1, -0.05) is 36.7 Å². The molecule has 1 atom stereocenters. The number of benzene rings is 2. The van der Waals surface area contributed by atoms with E-state index in [0.29, 0.717) is 51.8 Å². The molecule has 4 rings (SSSR count). The van der Waals surface area contributed by atoms with Crippen LogP contribution in [0, 0.1) is 0 Å². The van der Waals surface area contributed by atoms with Gasteiger partial charge < -0.3 is 9.80 Å². The first-order valence-corrected chi connectivity index (χ1v) is 12.4. The molecule has 0 fully saturated rings. The third-order valence-corrected chi connectivity index (χ3v) is 6.84. The van der Waals surface area contributed by atoms with Crippen LogP contribution >= 0.6 is 22.9 Å². The number of likely N-dealkylation sites (N-methyl/N-ethyl adjacent to an activating group) is 1. The summed E-state index contributed by atoms with van der Waals surface area (Å²) in [5, 5.41) is 3.01. The molecular formula is C26H27ClN4O2S. The lowest BCUT2D eigenvalue weighted by atomic mass is 10.1. The number of aromatic nitrogens is 2. The summed E-state index contributed by atoms with van der Waals surface area (Å²) in [7, 11) is 3.96. The number of fused-ring (bicyclic) bond motifs is 1. The van der Waals surface area contributed by atoms with E-state index in [2.05, 4.69) is 0 Å². The van der Waals surface area contributed by atoms with Crippen molar-refractivity contribution in [3.63, 3.8) is 0 Å². The number of hydrogen-bond donors (Lipinski definition) is 0. The number of para-hydroxylation sites is 1. The molecule has 176 valence electrons. The minimum atomic E-state index is -0.400. The molecule has 2 aromatic carbocycles. The van der Waals surface area contributed by atoms with Crippen molar-refractivity contribution in [1.29, 1.82) is 0 Å². The number of carbonyl (C=O) groups is 1. The Bertz CT molecular complexity index is 1330. The van der Waals surface area contributed by atoms with Crippen LogP contribution in [0.3, 0.4) is 0 Å². The Morgan fingerprint density at radius 1 is 1.06 bits per heavy atom. The molecule has 0 aliphatic heterocycles. The van der Waals surface area contributed by atoms with E-state index in [4.69, 9.17) is 16.6 Å². The highest BCUT2D eigenvalue weighted by atomic mass is 35.5. The van der Waals surface area contributed by atoms with Crippen LogP contribution in [0.1, 0.15) is 34.9 Å². The number of carbonyl (C=O) groups excluding carboxylic acids is 1. The van der Waals surface area contributed by atoms with Gasteiger partial charge in [0.1, 0.15) is 5.82 Å². The number of hydrogen-bond acceptors (Lipinski definition) is 5. The maximum absolute atomic E-state index is 13.7. The van der Waals surface area contributed by atoms with E-state index in [1.165, 1.54) is 11.3 Å². The van der Waals surface area contributed by atoms with Crippen LogP contribution in [0.25, 0.3) is 16.6 Å². The smallest absolute Gasteiger partial charge is 0.266 e. The van der Waals surface area contributed by atoms with Crippen LogP contribution < -0.4 is 5.56 Å². The molecule has 8 heteroatoms. The van der Waals surface area contributed by atoms with Gasteiger partial charge in [-0.2, -0.15) is 0 Å². The van der Waals surface area contributed by atoms with Crippen molar-refractivity contribution in [2.24, 2.45) is 0 Å². The van der Waals surface area contributed by atoms with Crippen molar-refractivity contribution < 1.29 is 4.79 Å². The second kappa shape index (κ2) is 10.5. The summed E-state index contributed by atoms with van der Waals surface area (Å²) in [6, 6.07) is 17.8. The number of halogens is 1. The maximum atomic E-state index is 13.7. The summed E-state index contributed by atoms with van der Waals surface area (Å²) in [5.74, 6) is 0.478. The van der Waals surface area contributed by atoms with Gasteiger partial charge in [0.05, 0.1) is 27.5 Å². The van der Waals surface area contributed by atoms with Crippen LogP contribution in [0.15, 0.2) is 70.8 Å². The molecule has 2 aromatic heterocycles. The van der Waals surface area contributed by atoms with Crippen molar-refractivity contribution in [3.05, 3.63) is 92.1 Å². The highest BCUT2D eigenvalue weighted by molar-refractivity contribution is 7.12. The molecule has 0 N–H and O–H groups in total. The van der Waals surface area contributed by atoms with Crippen LogP contribution in [0.5, 0.6) is 0 Å². The van der Waals surface area contributed by atoms with Gasteiger partial charge in [-0.3, -0.25) is 14.2 Å². The van der Waals surface area contributed by atoms with E-state index in [-0.39, 0.29) is 11.5 Å². The maximum Gasteiger partial charge on any atom is 0.266 e. The second-order valence-corrected chi connectivity index (χ2v) is 9.69. The van der Waals surface area contributed by atoms with E-state index in [0.717, 1.165) is 0 Å². The van der Waals surface area contributed by atoms with Gasteiger partial charge in [-0.15, -0.1) is 11.3 Å². The van der Waals surface area contributed by atoms with Crippen molar-refractivity contribution in [2.75, 3.05) is 27.2 Å². The lowest BCUT2D eigenvalue weighted by molar-refractivity contribution is 0.0649. The summed E-state index contributed by atoms with van der Waals surface area (Å²) < 4.78 is 1.62.